The molecule has 2 unspecified atom stereocenters. The Morgan fingerprint density at radius 1 is 1.15 bits per heavy atom. The quantitative estimate of drug-likeness (QED) is 0.857. The predicted molar refractivity (Wildman–Crippen MR) is 70.5 cm³/mol. The molecule has 0 spiro atoms. The van der Waals surface area contributed by atoms with Crippen molar-refractivity contribution in [2.75, 3.05) is 0 Å². The molecule has 0 aliphatic carbocycles. The van der Waals surface area contributed by atoms with Crippen molar-refractivity contribution in [1.29, 1.82) is 0 Å². The molecule has 2 aromatic rings. The van der Waals surface area contributed by atoms with E-state index in [1.165, 1.54) is 18.2 Å². The summed E-state index contributed by atoms with van der Waals surface area (Å²) in [6, 6.07) is 9.08. The molecule has 2 atom stereocenters. The summed E-state index contributed by atoms with van der Waals surface area (Å²) >= 11 is 0. The molecule has 1 heterocycles. The molecule has 1 N–H and O–H groups in total. The summed E-state index contributed by atoms with van der Waals surface area (Å²) in [5.74, 6) is -0.836. The number of hydrogen-bond acceptors (Lipinski definition) is 2. The molecule has 0 aromatic heterocycles. The molecule has 2 aromatic carbocycles. The zero-order chi connectivity index (χ0) is 14.3. The maximum atomic E-state index is 13.8. The smallest absolute Gasteiger partial charge is 0.133 e. The molecular weight excluding hydrogens is 262 g/mol. The number of halogens is 2. The lowest BCUT2D eigenvalue weighted by molar-refractivity contribution is 0.0621. The van der Waals surface area contributed by atoms with Crippen molar-refractivity contribution < 1.29 is 18.6 Å². The largest absolute Gasteiger partial charge is 0.485 e. The average molecular weight is 276 g/mol. The molecular formula is C16H14F2O2. The zero-order valence-corrected chi connectivity index (χ0v) is 10.9. The minimum atomic E-state index is -0.818. The second-order valence-electron chi connectivity index (χ2n) is 5.03. The van der Waals surface area contributed by atoms with Crippen LogP contribution in [0.5, 0.6) is 5.75 Å². The summed E-state index contributed by atoms with van der Waals surface area (Å²) < 4.78 is 33.3. The fourth-order valence-corrected chi connectivity index (χ4v) is 2.56. The molecule has 0 bridgehead atoms. The molecule has 20 heavy (non-hydrogen) atoms. The highest BCUT2D eigenvalue weighted by Gasteiger charge is 2.31. The molecule has 2 nitrogen and oxygen atoms in total. The van der Waals surface area contributed by atoms with Gasteiger partial charge in [-0.15, -0.1) is 0 Å². The first-order valence-electron chi connectivity index (χ1n) is 6.45. The first-order valence-corrected chi connectivity index (χ1v) is 6.45. The number of aliphatic hydroxyl groups is 1. The van der Waals surface area contributed by atoms with Crippen LogP contribution in [0.4, 0.5) is 8.78 Å². The number of hydrogen-bond donors (Lipinski definition) is 1. The Kier molecular flexibility index (Phi) is 3.18. The third kappa shape index (κ3) is 2.16. The first-order chi connectivity index (χ1) is 9.56. The van der Waals surface area contributed by atoms with Crippen LogP contribution in [-0.2, 0) is 0 Å². The van der Waals surface area contributed by atoms with Crippen LogP contribution in [0.15, 0.2) is 36.4 Å². The van der Waals surface area contributed by atoms with Crippen molar-refractivity contribution in [3.05, 3.63) is 64.7 Å². The summed E-state index contributed by atoms with van der Waals surface area (Å²) in [5.41, 5.74) is 1.54. The van der Waals surface area contributed by atoms with E-state index in [2.05, 4.69) is 0 Å². The van der Waals surface area contributed by atoms with Crippen molar-refractivity contribution in [2.24, 2.45) is 0 Å². The van der Waals surface area contributed by atoms with E-state index in [0.29, 0.717) is 11.3 Å². The third-order valence-corrected chi connectivity index (χ3v) is 3.55. The molecule has 4 heteroatoms. The van der Waals surface area contributed by atoms with Gasteiger partial charge in [-0.05, 0) is 31.2 Å². The second-order valence-corrected chi connectivity index (χ2v) is 5.03. The van der Waals surface area contributed by atoms with Crippen molar-refractivity contribution in [1.82, 2.24) is 0 Å². The van der Waals surface area contributed by atoms with Gasteiger partial charge in [0, 0.05) is 12.0 Å². The van der Waals surface area contributed by atoms with Gasteiger partial charge in [0.05, 0.1) is 11.7 Å². The van der Waals surface area contributed by atoms with Gasteiger partial charge in [0.2, 0.25) is 0 Å². The van der Waals surface area contributed by atoms with Gasteiger partial charge in [0.1, 0.15) is 23.5 Å². The minimum Gasteiger partial charge on any atom is -0.485 e. The molecule has 0 saturated heterocycles. The molecule has 3 rings (SSSR count). The zero-order valence-electron chi connectivity index (χ0n) is 10.9. The molecule has 104 valence electrons. The maximum absolute atomic E-state index is 13.8. The Hall–Kier alpha value is -1.94. The Morgan fingerprint density at radius 3 is 2.55 bits per heavy atom. The van der Waals surface area contributed by atoms with Crippen molar-refractivity contribution in [2.45, 2.75) is 25.6 Å². The first kappa shape index (κ1) is 13.1. The van der Waals surface area contributed by atoms with Crippen LogP contribution in [0.2, 0.25) is 0 Å². The standard InChI is InChI=1S/C16H14F2O2/c1-9-5-6-14-10(7-9)13(19)8-15(20-14)16-11(17)3-2-4-12(16)18/h2-7,13,15,19H,8H2,1H3. The van der Waals surface area contributed by atoms with Gasteiger partial charge in [-0.25, -0.2) is 8.78 Å². The Morgan fingerprint density at radius 2 is 1.85 bits per heavy atom. The molecule has 0 amide bonds. The summed E-state index contributed by atoms with van der Waals surface area (Å²) in [4.78, 5) is 0. The maximum Gasteiger partial charge on any atom is 0.133 e. The van der Waals surface area contributed by atoms with E-state index in [9.17, 15) is 13.9 Å². The minimum absolute atomic E-state index is 0.127. The normalized spacial score (nSPS) is 21.2. The van der Waals surface area contributed by atoms with Crippen LogP contribution >= 0.6 is 0 Å². The Bertz CT molecular complexity index is 635. The highest BCUT2D eigenvalue weighted by molar-refractivity contribution is 5.41. The van der Waals surface area contributed by atoms with E-state index in [-0.39, 0.29) is 12.0 Å². The third-order valence-electron chi connectivity index (χ3n) is 3.55. The van der Waals surface area contributed by atoms with Gasteiger partial charge in [-0.3, -0.25) is 0 Å². The van der Waals surface area contributed by atoms with Gasteiger partial charge >= 0.3 is 0 Å². The SMILES string of the molecule is Cc1ccc2c(c1)C(O)CC(c1c(F)cccc1F)O2. The van der Waals surface area contributed by atoms with Gasteiger partial charge in [0.15, 0.2) is 0 Å². The number of aliphatic hydroxyl groups excluding tert-OH is 1. The lowest BCUT2D eigenvalue weighted by Gasteiger charge is -2.30. The van der Waals surface area contributed by atoms with E-state index in [0.717, 1.165) is 5.56 Å². The average Bonchev–Trinajstić information content (AvgIpc) is 2.39. The highest BCUT2D eigenvalue weighted by Crippen LogP contribution is 2.42. The fourth-order valence-electron chi connectivity index (χ4n) is 2.56. The molecule has 0 fully saturated rings. The van der Waals surface area contributed by atoms with E-state index >= 15 is 0 Å². The topological polar surface area (TPSA) is 29.5 Å². The number of benzene rings is 2. The number of rotatable bonds is 1. The lowest BCUT2D eigenvalue weighted by atomic mass is 9.93. The van der Waals surface area contributed by atoms with Gasteiger partial charge in [-0.2, -0.15) is 0 Å². The second kappa shape index (κ2) is 4.87. The molecule has 1 aliphatic rings. The summed E-state index contributed by atoms with van der Waals surface area (Å²) in [7, 11) is 0. The van der Waals surface area contributed by atoms with Gasteiger partial charge < -0.3 is 9.84 Å². The monoisotopic (exact) mass is 276 g/mol. The van der Waals surface area contributed by atoms with Crippen LogP contribution in [0.3, 0.4) is 0 Å². The number of aryl methyl sites for hydroxylation is 1. The van der Waals surface area contributed by atoms with Crippen LogP contribution in [0, 0.1) is 18.6 Å². The van der Waals surface area contributed by atoms with Crippen molar-refractivity contribution in [3.8, 4) is 5.75 Å². The summed E-state index contributed by atoms with van der Waals surface area (Å²) in [5, 5.41) is 10.2. The van der Waals surface area contributed by atoms with Crippen molar-refractivity contribution in [3.63, 3.8) is 0 Å². The summed E-state index contributed by atoms with van der Waals surface area (Å²) in [6.07, 6.45) is -1.47. The van der Waals surface area contributed by atoms with E-state index in [1.54, 1.807) is 6.07 Å². The van der Waals surface area contributed by atoms with Crippen LogP contribution < -0.4 is 4.74 Å². The van der Waals surface area contributed by atoms with E-state index < -0.39 is 23.8 Å². The molecule has 1 aliphatic heterocycles. The van der Waals surface area contributed by atoms with E-state index in [4.69, 9.17) is 4.74 Å². The summed E-state index contributed by atoms with van der Waals surface area (Å²) in [6.45, 7) is 1.91. The molecule has 0 radical (unpaired) electrons. The highest BCUT2D eigenvalue weighted by atomic mass is 19.1. The van der Waals surface area contributed by atoms with Crippen LogP contribution in [-0.4, -0.2) is 5.11 Å². The molecule has 0 saturated carbocycles. The fraction of sp³-hybridized carbons (Fsp3) is 0.250. The Balaban J connectivity index is 2.01. The van der Waals surface area contributed by atoms with Gasteiger partial charge in [-0.1, -0.05) is 17.7 Å². The van der Waals surface area contributed by atoms with Crippen molar-refractivity contribution >= 4 is 0 Å². The predicted octanol–water partition coefficient (Wildman–Crippen LogP) is 3.83. The lowest BCUT2D eigenvalue weighted by Crippen LogP contribution is -2.21. The number of fused-ring (bicyclic) bond motifs is 1. The van der Waals surface area contributed by atoms with E-state index in [1.807, 2.05) is 19.1 Å². The Labute approximate surface area is 115 Å². The van der Waals surface area contributed by atoms with Crippen LogP contribution in [0.25, 0.3) is 0 Å². The number of ether oxygens (including phenoxy) is 1. The van der Waals surface area contributed by atoms with Crippen LogP contribution in [0.1, 0.15) is 35.3 Å². The van der Waals surface area contributed by atoms with Gasteiger partial charge in [0.25, 0.3) is 0 Å².